The zero-order chi connectivity index (χ0) is 34.7. The zero-order valence-corrected chi connectivity index (χ0v) is 31.0. The van der Waals surface area contributed by atoms with E-state index in [2.05, 4.69) is 128 Å². The van der Waals surface area contributed by atoms with Gasteiger partial charge in [0.25, 0.3) is 6.71 Å². The topological polar surface area (TPSA) is 6.48 Å². The summed E-state index contributed by atoms with van der Waals surface area (Å²) in [5, 5.41) is 2.87. The second kappa shape index (κ2) is 11.4. The van der Waals surface area contributed by atoms with Crippen LogP contribution in [0.1, 0.15) is 91.8 Å². The van der Waals surface area contributed by atoms with Gasteiger partial charge >= 0.3 is 0 Å². The van der Waals surface area contributed by atoms with Gasteiger partial charge in [0, 0.05) is 33.8 Å². The second-order valence-corrected chi connectivity index (χ2v) is 17.2. The van der Waals surface area contributed by atoms with Crippen LogP contribution in [-0.2, 0) is 43.9 Å². The van der Waals surface area contributed by atoms with Crippen molar-refractivity contribution in [2.45, 2.75) is 96.8 Å². The molecule has 11 rings (SSSR count). The van der Waals surface area contributed by atoms with E-state index in [9.17, 15) is 0 Å². The third-order valence-corrected chi connectivity index (χ3v) is 13.3. The first-order valence-corrected chi connectivity index (χ1v) is 20.1. The largest absolute Gasteiger partial charge is 0.311 e. The maximum atomic E-state index is 2.75. The van der Waals surface area contributed by atoms with E-state index in [1.165, 1.54) is 136 Å². The van der Waals surface area contributed by atoms with Gasteiger partial charge in [-0.05, 0) is 167 Å². The Morgan fingerprint density at radius 1 is 0.481 bits per heavy atom. The predicted molar refractivity (Wildman–Crippen MR) is 222 cm³/mol. The van der Waals surface area contributed by atoms with Gasteiger partial charge in [0.1, 0.15) is 0 Å². The Hall–Kier alpha value is -4.76. The Bertz CT molecular complexity index is 2460. The van der Waals surface area contributed by atoms with E-state index >= 15 is 0 Å². The zero-order valence-electron chi connectivity index (χ0n) is 31.0. The quantitative estimate of drug-likeness (QED) is 0.168. The first-order valence-electron chi connectivity index (χ1n) is 20.1. The van der Waals surface area contributed by atoms with Crippen LogP contribution < -0.4 is 26.2 Å². The van der Waals surface area contributed by atoms with Gasteiger partial charge in [-0.1, -0.05) is 87.5 Å². The number of anilines is 6. The molecule has 0 saturated carbocycles. The average molecular weight is 675 g/mol. The van der Waals surface area contributed by atoms with Gasteiger partial charge in [-0.2, -0.15) is 0 Å². The molecule has 256 valence electrons. The molecule has 0 N–H and O–H groups in total. The van der Waals surface area contributed by atoms with Crippen LogP contribution >= 0.6 is 0 Å². The Balaban J connectivity index is 1.24. The van der Waals surface area contributed by atoms with Crippen molar-refractivity contribution >= 4 is 68.0 Å². The van der Waals surface area contributed by atoms with Crippen molar-refractivity contribution in [3.63, 3.8) is 0 Å². The molecule has 0 bridgehead atoms. The fourth-order valence-electron chi connectivity index (χ4n) is 10.8. The van der Waals surface area contributed by atoms with E-state index < -0.39 is 0 Å². The van der Waals surface area contributed by atoms with E-state index in [1.807, 2.05) is 0 Å². The van der Waals surface area contributed by atoms with Crippen LogP contribution in [0, 0.1) is 0 Å². The Morgan fingerprint density at radius 3 is 1.92 bits per heavy atom. The molecular formula is C49H47BN2. The summed E-state index contributed by atoms with van der Waals surface area (Å²) in [6, 6.07) is 38.8. The lowest BCUT2D eigenvalue weighted by atomic mass is 9.33. The van der Waals surface area contributed by atoms with Gasteiger partial charge < -0.3 is 9.80 Å². The van der Waals surface area contributed by atoms with Crippen LogP contribution in [0.15, 0.2) is 97.1 Å². The molecule has 0 atom stereocenters. The highest BCUT2D eigenvalue weighted by Crippen LogP contribution is 2.49. The standard InChI is InChI=1S/C49H47BN2/c1-49(2,3)35-26-28-39-45(30-35)51(42-29-25-34-16-8-15-33-17-9-20-38(42)46(33)34)43-22-11-23-44-47(43)50(39)40-27-24-32-13-5-7-19-37(32)48(40)52(44)41-21-10-14-31-12-4-6-18-36(31)41/h9-11,14,17,20-30H,4-8,12-13,15-16,18-19H2,1-3H3. The van der Waals surface area contributed by atoms with Crippen molar-refractivity contribution in [3.05, 3.63) is 136 Å². The van der Waals surface area contributed by atoms with Gasteiger partial charge in [0.15, 0.2) is 0 Å². The summed E-state index contributed by atoms with van der Waals surface area (Å²) in [5.74, 6) is 0. The lowest BCUT2D eigenvalue weighted by Gasteiger charge is -2.46. The first kappa shape index (κ1) is 30.8. The molecule has 0 unspecified atom stereocenters. The van der Waals surface area contributed by atoms with Crippen molar-refractivity contribution < 1.29 is 0 Å². The molecule has 0 spiro atoms. The minimum Gasteiger partial charge on any atom is -0.311 e. The van der Waals surface area contributed by atoms with E-state index in [0.29, 0.717) is 0 Å². The lowest BCUT2D eigenvalue weighted by Crippen LogP contribution is -2.61. The molecular weight excluding hydrogens is 627 g/mol. The second-order valence-electron chi connectivity index (χ2n) is 17.2. The lowest BCUT2D eigenvalue weighted by molar-refractivity contribution is 0.590. The van der Waals surface area contributed by atoms with Gasteiger partial charge in [0.05, 0.1) is 5.69 Å². The van der Waals surface area contributed by atoms with Gasteiger partial charge in [-0.25, -0.2) is 0 Å². The summed E-state index contributed by atoms with van der Waals surface area (Å²) in [6.45, 7) is 7.25. The summed E-state index contributed by atoms with van der Waals surface area (Å²) in [6.07, 6.45) is 13.4. The minimum atomic E-state index is 0.0372. The number of nitrogens with zero attached hydrogens (tertiary/aromatic N) is 2. The maximum Gasteiger partial charge on any atom is 0.252 e. The highest BCUT2D eigenvalue weighted by atomic mass is 15.2. The summed E-state index contributed by atoms with van der Waals surface area (Å²) in [4.78, 5) is 5.42. The third kappa shape index (κ3) is 4.38. The van der Waals surface area contributed by atoms with E-state index in [1.54, 1.807) is 22.3 Å². The molecule has 0 radical (unpaired) electrons. The Morgan fingerprint density at radius 2 is 1.10 bits per heavy atom. The van der Waals surface area contributed by atoms with Crippen molar-refractivity contribution in [1.29, 1.82) is 0 Å². The molecule has 0 aromatic heterocycles. The molecule has 0 saturated heterocycles. The van der Waals surface area contributed by atoms with Gasteiger partial charge in [0.2, 0.25) is 0 Å². The van der Waals surface area contributed by atoms with Crippen LogP contribution in [0.5, 0.6) is 0 Å². The fraction of sp³-hybridized carbons (Fsp3) is 0.306. The third-order valence-electron chi connectivity index (χ3n) is 13.3. The maximum absolute atomic E-state index is 2.75. The van der Waals surface area contributed by atoms with Crippen molar-refractivity contribution in [2.24, 2.45) is 0 Å². The highest BCUT2D eigenvalue weighted by Gasteiger charge is 2.45. The van der Waals surface area contributed by atoms with Gasteiger partial charge in [-0.15, -0.1) is 0 Å². The molecule has 5 aliphatic rings. The van der Waals surface area contributed by atoms with Crippen LogP contribution in [0.25, 0.3) is 10.8 Å². The van der Waals surface area contributed by atoms with Crippen molar-refractivity contribution in [3.8, 4) is 0 Å². The van der Waals surface area contributed by atoms with E-state index in [0.717, 1.165) is 12.8 Å². The Kier molecular flexibility index (Phi) is 6.74. The monoisotopic (exact) mass is 674 g/mol. The van der Waals surface area contributed by atoms with E-state index in [4.69, 9.17) is 0 Å². The molecule has 0 amide bonds. The molecule has 2 aliphatic heterocycles. The summed E-state index contributed by atoms with van der Waals surface area (Å²) < 4.78 is 0. The van der Waals surface area contributed by atoms with Crippen molar-refractivity contribution in [2.75, 3.05) is 9.80 Å². The SMILES string of the molecule is CC(C)(C)c1ccc2c(c1)N(c1ccc3c4c(cccc14)CCC3)c1cccc3c1B2c1ccc2c(c1N3c1cccc3c1CCCC3)CCCC2. The summed E-state index contributed by atoms with van der Waals surface area (Å²) in [5.41, 5.74) is 23.3. The molecule has 2 nitrogen and oxygen atoms in total. The van der Waals surface area contributed by atoms with Gasteiger partial charge in [-0.3, -0.25) is 0 Å². The van der Waals surface area contributed by atoms with E-state index in [-0.39, 0.29) is 12.1 Å². The molecule has 6 aromatic carbocycles. The molecule has 2 heterocycles. The smallest absolute Gasteiger partial charge is 0.252 e. The predicted octanol–water partition coefficient (Wildman–Crippen LogP) is 10.5. The number of fused-ring (bicyclic) bond motifs is 7. The fourth-order valence-corrected chi connectivity index (χ4v) is 10.8. The summed E-state index contributed by atoms with van der Waals surface area (Å²) >= 11 is 0. The minimum absolute atomic E-state index is 0.0372. The van der Waals surface area contributed by atoms with Crippen LogP contribution in [0.4, 0.5) is 34.1 Å². The number of aryl methyl sites for hydroxylation is 4. The number of hydrogen-bond donors (Lipinski definition) is 0. The molecule has 6 aromatic rings. The molecule has 52 heavy (non-hydrogen) atoms. The summed E-state index contributed by atoms with van der Waals surface area (Å²) in [7, 11) is 0. The van der Waals surface area contributed by atoms with Crippen LogP contribution in [-0.4, -0.2) is 6.71 Å². The number of hydrogen-bond acceptors (Lipinski definition) is 2. The number of benzene rings is 6. The van der Waals surface area contributed by atoms with Crippen LogP contribution in [0.2, 0.25) is 0 Å². The van der Waals surface area contributed by atoms with Crippen molar-refractivity contribution in [1.82, 2.24) is 0 Å². The highest BCUT2D eigenvalue weighted by molar-refractivity contribution is 7.00. The first-order chi connectivity index (χ1) is 25.5. The number of rotatable bonds is 2. The normalized spacial score (nSPS) is 16.9. The molecule has 3 aliphatic carbocycles. The average Bonchev–Trinajstić information content (AvgIpc) is 3.18. The molecule has 3 heteroatoms. The Labute approximate surface area is 309 Å². The molecule has 0 fully saturated rings. The van der Waals surface area contributed by atoms with Crippen LogP contribution in [0.3, 0.4) is 0 Å².